The summed E-state index contributed by atoms with van der Waals surface area (Å²) in [7, 11) is 1.68. The highest BCUT2D eigenvalue weighted by atomic mass is 32.1. The maximum atomic E-state index is 10.7. The molecule has 26 heavy (non-hydrogen) atoms. The Morgan fingerprint density at radius 2 is 1.77 bits per heavy atom. The zero-order valence-corrected chi connectivity index (χ0v) is 15.2. The molecular weight excluding hydrogens is 352 g/mol. The molecule has 8 heteroatoms. The number of ether oxygens (including phenoxy) is 1. The fourth-order valence-corrected chi connectivity index (χ4v) is 3.21. The predicted molar refractivity (Wildman–Crippen MR) is 106 cm³/mol. The fourth-order valence-electron chi connectivity index (χ4n) is 2.91. The van der Waals surface area contributed by atoms with Crippen molar-refractivity contribution in [2.45, 2.75) is 0 Å². The lowest BCUT2D eigenvalue weighted by molar-refractivity contribution is -0.384. The molecule has 1 N–H and O–H groups in total. The number of rotatable bonds is 4. The summed E-state index contributed by atoms with van der Waals surface area (Å²) >= 11 is 5.48. The molecule has 2 aromatic carbocycles. The summed E-state index contributed by atoms with van der Waals surface area (Å²) in [6.07, 6.45) is 0. The van der Waals surface area contributed by atoms with Gasteiger partial charge < -0.3 is 19.9 Å². The van der Waals surface area contributed by atoms with Crippen LogP contribution in [0, 0.1) is 10.1 Å². The fraction of sp³-hybridized carbons (Fsp3) is 0.278. The van der Waals surface area contributed by atoms with Crippen LogP contribution in [-0.2, 0) is 0 Å². The number of methoxy groups -OCH3 is 1. The van der Waals surface area contributed by atoms with E-state index in [0.717, 1.165) is 43.3 Å². The molecule has 2 aromatic rings. The number of nitrogens with one attached hydrogen (secondary N) is 1. The van der Waals surface area contributed by atoms with Crippen LogP contribution < -0.4 is 15.0 Å². The van der Waals surface area contributed by atoms with Gasteiger partial charge >= 0.3 is 0 Å². The Morgan fingerprint density at radius 1 is 1.12 bits per heavy atom. The molecule has 1 aliphatic rings. The third-order valence-corrected chi connectivity index (χ3v) is 4.68. The third-order valence-electron chi connectivity index (χ3n) is 4.32. The van der Waals surface area contributed by atoms with Crippen molar-refractivity contribution in [3.8, 4) is 5.75 Å². The summed E-state index contributed by atoms with van der Waals surface area (Å²) in [5.74, 6) is 0.868. The van der Waals surface area contributed by atoms with Crippen molar-refractivity contribution in [2.24, 2.45) is 0 Å². The average molecular weight is 372 g/mol. The van der Waals surface area contributed by atoms with Crippen LogP contribution in [-0.4, -0.2) is 48.2 Å². The van der Waals surface area contributed by atoms with Crippen molar-refractivity contribution >= 4 is 34.4 Å². The van der Waals surface area contributed by atoms with E-state index in [1.165, 1.54) is 12.1 Å². The van der Waals surface area contributed by atoms with Gasteiger partial charge in [0.2, 0.25) is 0 Å². The Bertz CT molecular complexity index is 789. The Labute approximate surface area is 157 Å². The Morgan fingerprint density at radius 3 is 2.38 bits per heavy atom. The lowest BCUT2D eigenvalue weighted by Crippen LogP contribution is -2.50. The van der Waals surface area contributed by atoms with E-state index in [0.29, 0.717) is 5.11 Å². The number of anilines is 2. The number of para-hydroxylation sites is 2. The van der Waals surface area contributed by atoms with Gasteiger partial charge in [0.05, 0.1) is 17.7 Å². The number of hydrogen-bond acceptors (Lipinski definition) is 5. The summed E-state index contributed by atoms with van der Waals surface area (Å²) in [6, 6.07) is 14.2. The highest BCUT2D eigenvalue weighted by Crippen LogP contribution is 2.28. The molecule has 0 spiro atoms. The molecule has 1 fully saturated rings. The summed E-state index contributed by atoms with van der Waals surface area (Å²) in [6.45, 7) is 3.25. The van der Waals surface area contributed by atoms with Gasteiger partial charge in [-0.3, -0.25) is 10.1 Å². The Hall–Kier alpha value is -2.87. The van der Waals surface area contributed by atoms with Crippen LogP contribution in [0.5, 0.6) is 5.75 Å². The normalized spacial score (nSPS) is 14.0. The van der Waals surface area contributed by atoms with E-state index >= 15 is 0 Å². The number of piperazine rings is 1. The summed E-state index contributed by atoms with van der Waals surface area (Å²) in [5.41, 5.74) is 1.89. The first-order chi connectivity index (χ1) is 12.6. The molecule has 1 heterocycles. The van der Waals surface area contributed by atoms with Crippen LogP contribution in [0.4, 0.5) is 17.1 Å². The van der Waals surface area contributed by atoms with E-state index in [4.69, 9.17) is 17.0 Å². The number of non-ortho nitro benzene ring substituents is 1. The van der Waals surface area contributed by atoms with Gasteiger partial charge in [-0.05, 0) is 36.5 Å². The molecule has 0 saturated carbocycles. The Balaban J connectivity index is 1.57. The van der Waals surface area contributed by atoms with Gasteiger partial charge in [-0.25, -0.2) is 0 Å². The van der Waals surface area contributed by atoms with Crippen LogP contribution in [0.1, 0.15) is 0 Å². The average Bonchev–Trinajstić information content (AvgIpc) is 2.68. The number of nitrogens with zero attached hydrogens (tertiary/aromatic N) is 3. The van der Waals surface area contributed by atoms with E-state index in [-0.39, 0.29) is 5.69 Å². The van der Waals surface area contributed by atoms with Gasteiger partial charge in [0.25, 0.3) is 5.69 Å². The molecule has 1 aliphatic heterocycles. The number of nitro benzene ring substituents is 1. The van der Waals surface area contributed by atoms with E-state index in [9.17, 15) is 10.1 Å². The minimum Gasteiger partial charge on any atom is -0.495 e. The van der Waals surface area contributed by atoms with E-state index in [1.807, 2.05) is 18.2 Å². The summed E-state index contributed by atoms with van der Waals surface area (Å²) in [4.78, 5) is 14.7. The van der Waals surface area contributed by atoms with Crippen LogP contribution >= 0.6 is 12.2 Å². The second-order valence-electron chi connectivity index (χ2n) is 5.88. The second kappa shape index (κ2) is 8.01. The Kier molecular flexibility index (Phi) is 5.52. The molecule has 0 radical (unpaired) electrons. The molecule has 136 valence electrons. The standard InChI is InChI=1S/C18H20N4O3S/c1-25-17-5-3-2-4-16(17)20-10-12-21(13-11-20)18(26)19-14-6-8-15(9-7-14)22(23)24/h2-9H,10-13H2,1H3,(H,19,26). The number of hydrogen-bond donors (Lipinski definition) is 1. The smallest absolute Gasteiger partial charge is 0.269 e. The van der Waals surface area contributed by atoms with Gasteiger partial charge in [0.15, 0.2) is 5.11 Å². The predicted octanol–water partition coefficient (Wildman–Crippen LogP) is 3.12. The zero-order valence-electron chi connectivity index (χ0n) is 14.4. The summed E-state index contributed by atoms with van der Waals surface area (Å²) in [5, 5.41) is 14.5. The van der Waals surface area contributed by atoms with Crippen LogP contribution in [0.25, 0.3) is 0 Å². The van der Waals surface area contributed by atoms with E-state index in [1.54, 1.807) is 19.2 Å². The first-order valence-corrected chi connectivity index (χ1v) is 8.67. The molecular formula is C18H20N4O3S. The van der Waals surface area contributed by atoms with Gasteiger partial charge in [-0.1, -0.05) is 12.1 Å². The largest absolute Gasteiger partial charge is 0.495 e. The van der Waals surface area contributed by atoms with Crippen LogP contribution in [0.15, 0.2) is 48.5 Å². The summed E-state index contributed by atoms with van der Waals surface area (Å²) < 4.78 is 5.44. The molecule has 0 bridgehead atoms. The molecule has 0 aromatic heterocycles. The number of benzene rings is 2. The highest BCUT2D eigenvalue weighted by molar-refractivity contribution is 7.80. The molecule has 3 rings (SSSR count). The molecule has 1 saturated heterocycles. The molecule has 0 aliphatic carbocycles. The maximum absolute atomic E-state index is 10.7. The number of nitro groups is 1. The van der Waals surface area contributed by atoms with Crippen molar-refractivity contribution in [1.29, 1.82) is 0 Å². The minimum absolute atomic E-state index is 0.0619. The topological polar surface area (TPSA) is 70.9 Å². The first-order valence-electron chi connectivity index (χ1n) is 8.27. The minimum atomic E-state index is -0.417. The van der Waals surface area contributed by atoms with Crippen LogP contribution in [0.2, 0.25) is 0 Å². The van der Waals surface area contributed by atoms with Crippen molar-refractivity contribution < 1.29 is 9.66 Å². The van der Waals surface area contributed by atoms with E-state index < -0.39 is 4.92 Å². The molecule has 0 amide bonds. The first kappa shape index (κ1) is 17.9. The molecule has 0 atom stereocenters. The maximum Gasteiger partial charge on any atom is 0.269 e. The van der Waals surface area contributed by atoms with Crippen molar-refractivity contribution in [1.82, 2.24) is 4.90 Å². The van der Waals surface area contributed by atoms with Crippen molar-refractivity contribution in [3.05, 3.63) is 58.6 Å². The monoisotopic (exact) mass is 372 g/mol. The van der Waals surface area contributed by atoms with Gasteiger partial charge in [0.1, 0.15) is 5.75 Å². The quantitative estimate of drug-likeness (QED) is 0.502. The second-order valence-corrected chi connectivity index (χ2v) is 6.27. The lowest BCUT2D eigenvalue weighted by Gasteiger charge is -2.37. The van der Waals surface area contributed by atoms with Gasteiger partial charge in [-0.2, -0.15) is 0 Å². The number of thiocarbonyl (C=S) groups is 1. The van der Waals surface area contributed by atoms with Crippen molar-refractivity contribution in [2.75, 3.05) is 43.5 Å². The zero-order chi connectivity index (χ0) is 18.5. The van der Waals surface area contributed by atoms with E-state index in [2.05, 4.69) is 21.2 Å². The van der Waals surface area contributed by atoms with Crippen LogP contribution in [0.3, 0.4) is 0 Å². The molecule has 0 unspecified atom stereocenters. The van der Waals surface area contributed by atoms with Gasteiger partial charge in [0, 0.05) is 44.0 Å². The highest BCUT2D eigenvalue weighted by Gasteiger charge is 2.21. The van der Waals surface area contributed by atoms with Gasteiger partial charge in [-0.15, -0.1) is 0 Å². The third kappa shape index (κ3) is 4.02. The lowest BCUT2D eigenvalue weighted by atomic mass is 10.2. The molecule has 7 nitrogen and oxygen atoms in total. The van der Waals surface area contributed by atoms with Crippen molar-refractivity contribution in [3.63, 3.8) is 0 Å². The SMILES string of the molecule is COc1ccccc1N1CCN(C(=S)Nc2ccc([N+](=O)[O-])cc2)CC1.